The van der Waals surface area contributed by atoms with Gasteiger partial charge in [0.25, 0.3) is 0 Å². The minimum Gasteiger partial charge on any atom is -0.364 e. The fourth-order valence-corrected chi connectivity index (χ4v) is 1.81. The van der Waals surface area contributed by atoms with Crippen LogP contribution in [0, 0.1) is 13.8 Å². The Kier molecular flexibility index (Phi) is 8.61. The summed E-state index contributed by atoms with van der Waals surface area (Å²) in [7, 11) is 0. The molecule has 0 spiro atoms. The molecule has 0 unspecified atom stereocenters. The van der Waals surface area contributed by atoms with E-state index in [9.17, 15) is 0 Å². The van der Waals surface area contributed by atoms with Crippen molar-refractivity contribution in [2.45, 2.75) is 67.2 Å². The summed E-state index contributed by atoms with van der Waals surface area (Å²) in [5.74, 6) is 2.00. The minimum absolute atomic E-state index is 0.520. The van der Waals surface area contributed by atoms with Crippen molar-refractivity contribution in [3.05, 3.63) is 35.0 Å². The van der Waals surface area contributed by atoms with Gasteiger partial charge in [0.15, 0.2) is 0 Å². The summed E-state index contributed by atoms with van der Waals surface area (Å²) in [5.41, 5.74) is 3.43. The summed E-state index contributed by atoms with van der Waals surface area (Å²) >= 11 is 0. The normalized spacial score (nSPS) is 9.90. The average molecular weight is 280 g/mol. The lowest BCUT2D eigenvalue weighted by molar-refractivity contribution is 0.392. The average Bonchev–Trinajstić information content (AvgIpc) is 3.02. The van der Waals surface area contributed by atoms with Gasteiger partial charge in [0.2, 0.25) is 0 Å². The molecule has 0 aromatic carbocycles. The van der Waals surface area contributed by atoms with E-state index in [4.69, 9.17) is 4.52 Å². The third-order valence-corrected chi connectivity index (χ3v) is 2.78. The van der Waals surface area contributed by atoms with Crippen molar-refractivity contribution >= 4 is 0 Å². The molecule has 2 rings (SSSR count). The minimum atomic E-state index is 0.520. The summed E-state index contributed by atoms with van der Waals surface area (Å²) in [4.78, 5) is 0. The molecular weight excluding hydrogens is 252 g/mol. The lowest BCUT2D eigenvalue weighted by Crippen LogP contribution is -1.89. The third kappa shape index (κ3) is 5.59. The second-order valence-electron chi connectivity index (χ2n) is 5.01. The molecule has 0 saturated heterocycles. The van der Waals surface area contributed by atoms with E-state index in [1.54, 1.807) is 12.5 Å². The molecule has 2 heterocycles. The van der Waals surface area contributed by atoms with E-state index in [-0.39, 0.29) is 0 Å². The van der Waals surface area contributed by atoms with Crippen LogP contribution in [0.3, 0.4) is 0 Å². The SMILES string of the molecule is CC.CC(C)c1cnoc1.Cc1noc(C)c1C(C)C. The zero-order valence-corrected chi connectivity index (χ0v) is 14.0. The fraction of sp³-hybridized carbons (Fsp3) is 0.625. The van der Waals surface area contributed by atoms with Crippen molar-refractivity contribution in [2.75, 3.05) is 0 Å². The van der Waals surface area contributed by atoms with Gasteiger partial charge in [0.05, 0.1) is 11.9 Å². The van der Waals surface area contributed by atoms with Gasteiger partial charge in [-0.05, 0) is 25.7 Å². The molecule has 0 fully saturated rings. The zero-order chi connectivity index (χ0) is 15.7. The van der Waals surface area contributed by atoms with Gasteiger partial charge in [0.1, 0.15) is 12.0 Å². The fourth-order valence-electron chi connectivity index (χ4n) is 1.81. The molecule has 2 aromatic heterocycles. The summed E-state index contributed by atoms with van der Waals surface area (Å²) in [6.07, 6.45) is 3.41. The summed E-state index contributed by atoms with van der Waals surface area (Å²) in [6, 6.07) is 0. The van der Waals surface area contributed by atoms with E-state index in [0.717, 1.165) is 17.0 Å². The standard InChI is InChI=1S/C8H13NO.C6H9NO.C2H6/c1-5(2)8-6(3)9-10-7(8)4;1-5(2)6-3-7-8-4-6;1-2/h5H,1-4H3;3-5H,1-2H3;1-2H3. The number of nitrogens with zero attached hydrogens (tertiary/aromatic N) is 2. The maximum atomic E-state index is 5.01. The van der Waals surface area contributed by atoms with Crippen molar-refractivity contribution in [3.8, 4) is 0 Å². The highest BCUT2D eigenvalue weighted by Gasteiger charge is 2.11. The first-order chi connectivity index (χ1) is 9.43. The Hall–Kier alpha value is -1.58. The van der Waals surface area contributed by atoms with Crippen molar-refractivity contribution in [1.82, 2.24) is 10.3 Å². The highest BCUT2D eigenvalue weighted by Crippen LogP contribution is 2.21. The Morgan fingerprint density at radius 3 is 1.80 bits per heavy atom. The first-order valence-electron chi connectivity index (χ1n) is 7.25. The number of rotatable bonds is 2. The highest BCUT2D eigenvalue weighted by atomic mass is 16.5. The van der Waals surface area contributed by atoms with Crippen molar-refractivity contribution in [3.63, 3.8) is 0 Å². The van der Waals surface area contributed by atoms with E-state index in [1.807, 2.05) is 27.7 Å². The Labute approximate surface area is 122 Å². The molecule has 2 aromatic rings. The van der Waals surface area contributed by atoms with Crippen LogP contribution in [0.25, 0.3) is 0 Å². The molecule has 0 aliphatic rings. The van der Waals surface area contributed by atoms with Crippen LogP contribution in [-0.2, 0) is 0 Å². The number of hydrogen-bond donors (Lipinski definition) is 0. The molecule has 0 amide bonds. The first-order valence-corrected chi connectivity index (χ1v) is 7.25. The van der Waals surface area contributed by atoms with Gasteiger partial charge in [-0.25, -0.2) is 0 Å². The predicted molar refractivity (Wildman–Crippen MR) is 82.0 cm³/mol. The van der Waals surface area contributed by atoms with Crippen molar-refractivity contribution in [2.24, 2.45) is 0 Å². The summed E-state index contributed by atoms with van der Waals surface area (Å²) in [6.45, 7) is 16.4. The summed E-state index contributed by atoms with van der Waals surface area (Å²) in [5, 5.41) is 7.43. The largest absolute Gasteiger partial charge is 0.364 e. The molecule has 0 bridgehead atoms. The van der Waals surface area contributed by atoms with Crippen LogP contribution in [0.2, 0.25) is 0 Å². The lowest BCUT2D eigenvalue weighted by Gasteiger charge is -2.00. The van der Waals surface area contributed by atoms with E-state index in [1.165, 1.54) is 5.56 Å². The molecule has 114 valence electrons. The Morgan fingerprint density at radius 2 is 1.60 bits per heavy atom. The second-order valence-corrected chi connectivity index (χ2v) is 5.01. The molecule has 4 heteroatoms. The number of aryl methyl sites for hydroxylation is 2. The second kappa shape index (κ2) is 9.34. The van der Waals surface area contributed by atoms with E-state index >= 15 is 0 Å². The van der Waals surface area contributed by atoms with Gasteiger partial charge < -0.3 is 9.05 Å². The Bertz CT molecular complexity index is 437. The number of aromatic nitrogens is 2. The third-order valence-electron chi connectivity index (χ3n) is 2.78. The predicted octanol–water partition coefficient (Wildman–Crippen LogP) is 5.24. The molecule has 0 radical (unpaired) electrons. The Balaban J connectivity index is 0.000000327. The van der Waals surface area contributed by atoms with Gasteiger partial charge in [-0.1, -0.05) is 51.9 Å². The lowest BCUT2D eigenvalue weighted by atomic mass is 10.0. The van der Waals surface area contributed by atoms with Gasteiger partial charge in [-0.2, -0.15) is 0 Å². The molecular formula is C16H28N2O2. The maximum Gasteiger partial charge on any atom is 0.137 e. The molecule has 4 nitrogen and oxygen atoms in total. The van der Waals surface area contributed by atoms with E-state index in [2.05, 4.69) is 42.5 Å². The highest BCUT2D eigenvalue weighted by molar-refractivity contribution is 5.23. The summed E-state index contributed by atoms with van der Waals surface area (Å²) < 4.78 is 9.63. The van der Waals surface area contributed by atoms with Gasteiger partial charge >= 0.3 is 0 Å². The Morgan fingerprint density at radius 1 is 1.00 bits per heavy atom. The molecule has 0 aliphatic heterocycles. The van der Waals surface area contributed by atoms with Crippen LogP contribution in [0.5, 0.6) is 0 Å². The molecule has 0 saturated carbocycles. The van der Waals surface area contributed by atoms with Crippen LogP contribution in [-0.4, -0.2) is 10.3 Å². The van der Waals surface area contributed by atoms with Crippen LogP contribution in [0.15, 0.2) is 21.5 Å². The quantitative estimate of drug-likeness (QED) is 0.755. The molecule has 20 heavy (non-hydrogen) atoms. The van der Waals surface area contributed by atoms with Gasteiger partial charge in [-0.15, -0.1) is 0 Å². The van der Waals surface area contributed by atoms with Crippen LogP contribution < -0.4 is 0 Å². The van der Waals surface area contributed by atoms with Crippen LogP contribution in [0.4, 0.5) is 0 Å². The topological polar surface area (TPSA) is 52.1 Å². The first kappa shape index (κ1) is 18.4. The van der Waals surface area contributed by atoms with Crippen molar-refractivity contribution < 1.29 is 9.05 Å². The van der Waals surface area contributed by atoms with Gasteiger partial charge in [0, 0.05) is 11.1 Å². The smallest absolute Gasteiger partial charge is 0.137 e. The number of hydrogen-bond acceptors (Lipinski definition) is 4. The van der Waals surface area contributed by atoms with Crippen LogP contribution >= 0.6 is 0 Å². The maximum absolute atomic E-state index is 5.01. The van der Waals surface area contributed by atoms with Crippen LogP contribution in [0.1, 0.15) is 76.0 Å². The van der Waals surface area contributed by atoms with E-state index < -0.39 is 0 Å². The van der Waals surface area contributed by atoms with Gasteiger partial charge in [-0.3, -0.25) is 0 Å². The molecule has 0 aliphatic carbocycles. The molecule has 0 N–H and O–H groups in total. The van der Waals surface area contributed by atoms with Crippen molar-refractivity contribution in [1.29, 1.82) is 0 Å². The monoisotopic (exact) mass is 280 g/mol. The molecule has 0 atom stereocenters. The zero-order valence-electron chi connectivity index (χ0n) is 14.0. The van der Waals surface area contributed by atoms with E-state index in [0.29, 0.717) is 11.8 Å².